The van der Waals surface area contributed by atoms with Crippen molar-refractivity contribution in [1.82, 2.24) is 20.6 Å². The third kappa shape index (κ3) is 10.6. The minimum absolute atomic E-state index is 0.0471. The Morgan fingerprint density at radius 3 is 2.41 bits per heavy atom. The Hall–Kier alpha value is -4.65. The number of aliphatic hydroxyl groups is 1. The van der Waals surface area contributed by atoms with E-state index in [1.165, 1.54) is 0 Å². The molecule has 3 N–H and O–H groups in total. The number of methoxy groups -OCH3 is 1. The predicted molar refractivity (Wildman–Crippen MR) is 234 cm³/mol. The van der Waals surface area contributed by atoms with Gasteiger partial charge in [0.2, 0.25) is 5.91 Å². The number of rotatable bonds is 16. The SMILES string of the molecule is COc1c(CN2O[C@@H](CN=[N+]=[N-])[C@@H]([C@H](C)O)[C@H]2C(=O)N[C@H]2C[C@@H](C)C(C)(C)[C@@H](C)[C@@H]2C)cccc1-c1cc(C(=O)N[C@@H](Cc2ccccc2)CN(C)C)cc(N(C)C)c1. The van der Waals surface area contributed by atoms with Gasteiger partial charge in [0.25, 0.3) is 5.91 Å². The van der Waals surface area contributed by atoms with Gasteiger partial charge in [0, 0.05) is 65.9 Å². The number of amides is 2. The lowest BCUT2D eigenvalue weighted by atomic mass is 9.58. The van der Waals surface area contributed by atoms with Gasteiger partial charge in [-0.2, -0.15) is 5.06 Å². The molecule has 320 valence electrons. The number of aliphatic hydroxyl groups excluding tert-OH is 1. The maximum absolute atomic E-state index is 14.5. The van der Waals surface area contributed by atoms with Crippen molar-refractivity contribution >= 4 is 17.5 Å². The van der Waals surface area contributed by atoms with E-state index < -0.39 is 24.2 Å². The molecule has 2 fully saturated rings. The Morgan fingerprint density at radius 2 is 1.78 bits per heavy atom. The summed E-state index contributed by atoms with van der Waals surface area (Å²) in [5.41, 5.74) is 14.1. The molecule has 0 bridgehead atoms. The van der Waals surface area contributed by atoms with Crippen LogP contribution in [0.5, 0.6) is 5.75 Å². The van der Waals surface area contributed by atoms with Gasteiger partial charge < -0.3 is 30.3 Å². The molecular weight excluding hydrogens is 745 g/mol. The topological polar surface area (TPSA) is 155 Å². The molecule has 2 amide bonds. The second kappa shape index (κ2) is 19.6. The lowest BCUT2D eigenvalue weighted by molar-refractivity contribution is -0.174. The molecule has 0 aromatic heterocycles. The zero-order valence-electron chi connectivity index (χ0n) is 36.8. The number of likely N-dealkylation sites (N-methyl/N-ethyl adjacent to an activating group) is 1. The smallest absolute Gasteiger partial charge is 0.251 e. The van der Waals surface area contributed by atoms with E-state index in [1.54, 1.807) is 19.1 Å². The highest BCUT2D eigenvalue weighted by molar-refractivity contribution is 5.97. The Labute approximate surface area is 351 Å². The third-order valence-electron chi connectivity index (χ3n) is 13.2. The van der Waals surface area contributed by atoms with Gasteiger partial charge in [0.05, 0.1) is 32.4 Å². The molecule has 13 heteroatoms. The average Bonchev–Trinajstić information content (AvgIpc) is 3.56. The van der Waals surface area contributed by atoms with Crippen molar-refractivity contribution in [3.63, 3.8) is 0 Å². The van der Waals surface area contributed by atoms with Crippen molar-refractivity contribution in [2.75, 3.05) is 53.3 Å². The van der Waals surface area contributed by atoms with Crippen molar-refractivity contribution < 1.29 is 24.3 Å². The summed E-state index contributed by atoms with van der Waals surface area (Å²) < 4.78 is 6.14. The maximum atomic E-state index is 14.5. The number of nitrogens with one attached hydrogen (secondary N) is 2. The highest BCUT2D eigenvalue weighted by Gasteiger charge is 2.51. The van der Waals surface area contributed by atoms with Crippen LogP contribution >= 0.6 is 0 Å². The molecule has 3 aromatic carbocycles. The molecule has 59 heavy (non-hydrogen) atoms. The standard InChI is InChI=1S/C46H66N8O5/c1-28-20-39(29(2)30(3)46(28,5)6)50-45(57)42-41(31(4)55)40(25-48-51-47)59-54(42)26-33-18-15-19-38(43(33)58-11)34-22-35(24-37(23-34)53(9)10)44(56)49-36(27-52(7)8)21-32-16-13-12-14-17-32/h12-19,22-24,28-31,36,39-42,55H,20-21,25-27H2,1-11H3,(H,49,56)(H,50,57)/t28-,29+,30+,31+,36+,39+,40+,41-,42+/m1/s1. The summed E-state index contributed by atoms with van der Waals surface area (Å²) >= 11 is 0. The van der Waals surface area contributed by atoms with Crippen LogP contribution in [0.2, 0.25) is 0 Å². The van der Waals surface area contributed by atoms with E-state index in [0.717, 1.165) is 34.4 Å². The normalized spacial score (nSPS) is 25.1. The summed E-state index contributed by atoms with van der Waals surface area (Å²) in [6, 6.07) is 20.7. The molecule has 3 aromatic rings. The fraction of sp³-hybridized carbons (Fsp3) is 0.565. The zero-order chi connectivity index (χ0) is 43.2. The molecule has 9 atom stereocenters. The minimum Gasteiger partial charge on any atom is -0.496 e. The van der Waals surface area contributed by atoms with Gasteiger partial charge >= 0.3 is 0 Å². The number of hydroxylamine groups is 2. The average molecular weight is 811 g/mol. The first kappa shape index (κ1) is 45.4. The number of para-hydroxylation sites is 1. The van der Waals surface area contributed by atoms with Crippen molar-refractivity contribution in [2.45, 2.75) is 91.3 Å². The zero-order valence-corrected chi connectivity index (χ0v) is 36.8. The number of nitrogens with zero attached hydrogens (tertiary/aromatic N) is 6. The second-order valence-electron chi connectivity index (χ2n) is 17.9. The first-order chi connectivity index (χ1) is 28.0. The number of ether oxygens (including phenoxy) is 1. The molecule has 1 heterocycles. The number of hydrogen-bond donors (Lipinski definition) is 3. The van der Waals surface area contributed by atoms with E-state index in [4.69, 9.17) is 9.57 Å². The van der Waals surface area contributed by atoms with Crippen LogP contribution in [-0.2, 0) is 22.6 Å². The summed E-state index contributed by atoms with van der Waals surface area (Å²) in [5.74, 6) is 0.464. The molecule has 1 saturated carbocycles. The fourth-order valence-corrected chi connectivity index (χ4v) is 9.10. The number of anilines is 1. The number of carbonyl (C=O) groups excluding carboxylic acids is 2. The first-order valence-corrected chi connectivity index (χ1v) is 20.9. The molecule has 1 aliphatic heterocycles. The number of hydrogen-bond acceptors (Lipinski definition) is 9. The van der Waals surface area contributed by atoms with Crippen molar-refractivity contribution in [1.29, 1.82) is 0 Å². The van der Waals surface area contributed by atoms with Crippen LogP contribution in [0.1, 0.15) is 69.4 Å². The molecule has 0 unspecified atom stereocenters. The van der Waals surface area contributed by atoms with Gasteiger partial charge in [-0.05, 0) is 91.9 Å². The van der Waals surface area contributed by atoms with Gasteiger partial charge in [0.15, 0.2) is 0 Å². The summed E-state index contributed by atoms with van der Waals surface area (Å²) in [4.78, 5) is 42.0. The summed E-state index contributed by atoms with van der Waals surface area (Å²) in [7, 11) is 9.49. The van der Waals surface area contributed by atoms with Crippen LogP contribution in [0.3, 0.4) is 0 Å². The summed E-state index contributed by atoms with van der Waals surface area (Å²) in [6.07, 6.45) is -0.141. The van der Waals surface area contributed by atoms with Gasteiger partial charge in [-0.15, -0.1) is 0 Å². The lowest BCUT2D eigenvalue weighted by Gasteiger charge is -2.50. The molecule has 1 saturated heterocycles. The van der Waals surface area contributed by atoms with Crippen LogP contribution in [-0.4, -0.2) is 106 Å². The predicted octanol–water partition coefficient (Wildman–Crippen LogP) is 6.95. The van der Waals surface area contributed by atoms with Crippen molar-refractivity contribution in [3.8, 4) is 16.9 Å². The van der Waals surface area contributed by atoms with Crippen molar-refractivity contribution in [3.05, 3.63) is 93.9 Å². The lowest BCUT2D eigenvalue weighted by Crippen LogP contribution is -2.56. The quantitative estimate of drug-likeness (QED) is 0.0799. The van der Waals surface area contributed by atoms with Gasteiger partial charge in [-0.1, -0.05) is 88.3 Å². The first-order valence-electron chi connectivity index (χ1n) is 20.9. The van der Waals surface area contributed by atoms with E-state index >= 15 is 0 Å². The Morgan fingerprint density at radius 1 is 1.07 bits per heavy atom. The molecule has 0 radical (unpaired) electrons. The summed E-state index contributed by atoms with van der Waals surface area (Å²) in [6.45, 7) is 13.7. The largest absolute Gasteiger partial charge is 0.496 e. The maximum Gasteiger partial charge on any atom is 0.251 e. The molecule has 5 rings (SSSR count). The minimum atomic E-state index is -0.938. The number of carbonyl (C=O) groups is 2. The van der Waals surface area contributed by atoms with Crippen LogP contribution in [0.4, 0.5) is 5.69 Å². The van der Waals surface area contributed by atoms with Gasteiger partial charge in [0.1, 0.15) is 11.8 Å². The van der Waals surface area contributed by atoms with Gasteiger partial charge in [-0.3, -0.25) is 14.4 Å². The second-order valence-corrected chi connectivity index (χ2v) is 17.9. The fourth-order valence-electron chi connectivity index (χ4n) is 9.10. The highest BCUT2D eigenvalue weighted by Crippen LogP contribution is 2.48. The van der Waals surface area contributed by atoms with Crippen molar-refractivity contribution in [2.24, 2.45) is 34.2 Å². The van der Waals surface area contributed by atoms with Crippen LogP contribution in [0.25, 0.3) is 21.6 Å². The molecular formula is C46H66N8O5. The highest BCUT2D eigenvalue weighted by atomic mass is 16.7. The number of azide groups is 1. The van der Waals surface area contributed by atoms with E-state index in [2.05, 4.69) is 72.3 Å². The molecule has 13 nitrogen and oxygen atoms in total. The van der Waals surface area contributed by atoms with Crippen LogP contribution in [0, 0.1) is 29.1 Å². The molecule has 2 aliphatic rings. The number of benzene rings is 3. The monoisotopic (exact) mass is 811 g/mol. The van der Waals surface area contributed by atoms with Crippen LogP contribution in [0.15, 0.2) is 71.8 Å². The van der Waals surface area contributed by atoms with E-state index in [0.29, 0.717) is 36.1 Å². The summed E-state index contributed by atoms with van der Waals surface area (Å²) in [5, 5.41) is 23.2. The van der Waals surface area contributed by atoms with E-state index in [1.807, 2.05) is 87.7 Å². The van der Waals surface area contributed by atoms with Crippen LogP contribution < -0.4 is 20.3 Å². The third-order valence-corrected chi connectivity index (χ3v) is 13.2. The van der Waals surface area contributed by atoms with E-state index in [-0.39, 0.29) is 48.3 Å². The Kier molecular flexibility index (Phi) is 15.1. The molecule has 0 spiro atoms. The Balaban J connectivity index is 1.48. The van der Waals surface area contributed by atoms with E-state index in [9.17, 15) is 20.2 Å². The molecule has 1 aliphatic carbocycles. The Bertz CT molecular complexity index is 1950. The van der Waals surface area contributed by atoms with Gasteiger partial charge in [-0.25, -0.2) is 0 Å².